The number of halogens is 1. The molecule has 0 aliphatic carbocycles. The lowest BCUT2D eigenvalue weighted by molar-refractivity contribution is 0.194. The molecule has 0 aromatic heterocycles. The lowest BCUT2D eigenvalue weighted by Gasteiger charge is -2.14. The van der Waals surface area contributed by atoms with E-state index in [1.54, 1.807) is 14.0 Å². The van der Waals surface area contributed by atoms with E-state index in [2.05, 4.69) is 22.9 Å². The summed E-state index contributed by atoms with van der Waals surface area (Å²) in [6.45, 7) is 3.82. The van der Waals surface area contributed by atoms with Crippen LogP contribution in [0.3, 0.4) is 0 Å². The summed E-state index contributed by atoms with van der Waals surface area (Å²) >= 11 is 3.43. The summed E-state index contributed by atoms with van der Waals surface area (Å²) in [5.74, 6) is 0.720. The van der Waals surface area contributed by atoms with Crippen LogP contribution in [-0.4, -0.2) is 12.2 Å². The first-order chi connectivity index (χ1) is 6.60. The standard InChI is InChI=1S/C11H15BrO2/c1-4-8-5-9(7(2)13)11(14-3)10(12)6-8/h5-7,13H,4H2,1-3H3. The fraction of sp³-hybridized carbons (Fsp3) is 0.455. The topological polar surface area (TPSA) is 29.5 Å². The van der Waals surface area contributed by atoms with Gasteiger partial charge in [-0.1, -0.05) is 6.92 Å². The van der Waals surface area contributed by atoms with Crippen LogP contribution in [0.15, 0.2) is 16.6 Å². The number of ether oxygens (including phenoxy) is 1. The molecule has 0 radical (unpaired) electrons. The smallest absolute Gasteiger partial charge is 0.138 e. The lowest BCUT2D eigenvalue weighted by Crippen LogP contribution is -1.99. The number of hydrogen-bond acceptors (Lipinski definition) is 2. The minimum atomic E-state index is -0.507. The van der Waals surface area contributed by atoms with Crippen molar-refractivity contribution in [2.45, 2.75) is 26.4 Å². The van der Waals surface area contributed by atoms with Gasteiger partial charge in [0.15, 0.2) is 0 Å². The van der Waals surface area contributed by atoms with Gasteiger partial charge in [0.25, 0.3) is 0 Å². The number of aliphatic hydroxyl groups is 1. The highest BCUT2D eigenvalue weighted by atomic mass is 79.9. The summed E-state index contributed by atoms with van der Waals surface area (Å²) < 4.78 is 6.13. The van der Waals surface area contributed by atoms with Gasteiger partial charge in [-0.3, -0.25) is 0 Å². The van der Waals surface area contributed by atoms with Crippen molar-refractivity contribution >= 4 is 15.9 Å². The Bertz CT molecular complexity index is 321. The molecule has 0 bridgehead atoms. The van der Waals surface area contributed by atoms with E-state index in [1.165, 1.54) is 5.56 Å². The Morgan fingerprint density at radius 2 is 2.14 bits per heavy atom. The normalized spacial score (nSPS) is 12.6. The van der Waals surface area contributed by atoms with E-state index in [4.69, 9.17) is 4.74 Å². The molecule has 1 unspecified atom stereocenters. The van der Waals surface area contributed by atoms with Crippen LogP contribution >= 0.6 is 15.9 Å². The SMILES string of the molecule is CCc1cc(Br)c(OC)c(C(C)O)c1. The molecule has 0 aliphatic rings. The minimum absolute atomic E-state index is 0.507. The second kappa shape index (κ2) is 4.80. The van der Waals surface area contributed by atoms with Gasteiger partial charge >= 0.3 is 0 Å². The molecule has 0 heterocycles. The van der Waals surface area contributed by atoms with E-state index in [9.17, 15) is 5.11 Å². The summed E-state index contributed by atoms with van der Waals surface area (Å²) in [6, 6.07) is 4.00. The molecule has 78 valence electrons. The zero-order valence-electron chi connectivity index (χ0n) is 8.67. The van der Waals surface area contributed by atoms with Gasteiger partial charge in [0.2, 0.25) is 0 Å². The Kier molecular flexibility index (Phi) is 3.96. The zero-order valence-corrected chi connectivity index (χ0v) is 10.3. The predicted octanol–water partition coefficient (Wildman–Crippen LogP) is 3.07. The molecule has 1 atom stereocenters. The maximum atomic E-state index is 9.58. The number of benzene rings is 1. The highest BCUT2D eigenvalue weighted by Crippen LogP contribution is 2.34. The van der Waals surface area contributed by atoms with Gasteiger partial charge in [-0.05, 0) is 47.0 Å². The number of aliphatic hydroxyl groups excluding tert-OH is 1. The number of methoxy groups -OCH3 is 1. The molecule has 3 heteroatoms. The van der Waals surface area contributed by atoms with Gasteiger partial charge in [-0.25, -0.2) is 0 Å². The van der Waals surface area contributed by atoms with Crippen molar-refractivity contribution in [2.75, 3.05) is 7.11 Å². The van der Waals surface area contributed by atoms with Crippen LogP contribution < -0.4 is 4.74 Å². The summed E-state index contributed by atoms with van der Waals surface area (Å²) in [5.41, 5.74) is 2.02. The van der Waals surface area contributed by atoms with Crippen LogP contribution in [0.25, 0.3) is 0 Å². The van der Waals surface area contributed by atoms with Gasteiger partial charge in [0.1, 0.15) is 5.75 Å². The Balaban J connectivity index is 3.28. The molecule has 0 spiro atoms. The van der Waals surface area contributed by atoms with Crippen LogP contribution in [-0.2, 0) is 6.42 Å². The van der Waals surface area contributed by atoms with E-state index < -0.39 is 6.10 Å². The first kappa shape index (κ1) is 11.5. The second-order valence-corrected chi connectivity index (χ2v) is 4.08. The third kappa shape index (κ3) is 2.28. The van der Waals surface area contributed by atoms with Crippen molar-refractivity contribution in [3.8, 4) is 5.75 Å². The van der Waals surface area contributed by atoms with Crippen LogP contribution in [0.4, 0.5) is 0 Å². The van der Waals surface area contributed by atoms with Gasteiger partial charge in [-0.15, -0.1) is 0 Å². The van der Waals surface area contributed by atoms with Crippen LogP contribution in [0.1, 0.15) is 31.1 Å². The predicted molar refractivity (Wildman–Crippen MR) is 60.7 cm³/mol. The average Bonchev–Trinajstić information content (AvgIpc) is 2.16. The van der Waals surface area contributed by atoms with E-state index in [-0.39, 0.29) is 0 Å². The Morgan fingerprint density at radius 3 is 2.57 bits per heavy atom. The van der Waals surface area contributed by atoms with Gasteiger partial charge in [0.05, 0.1) is 17.7 Å². The third-order valence-corrected chi connectivity index (χ3v) is 2.78. The largest absolute Gasteiger partial charge is 0.495 e. The zero-order chi connectivity index (χ0) is 10.7. The third-order valence-electron chi connectivity index (χ3n) is 2.19. The molecule has 0 fully saturated rings. The quantitative estimate of drug-likeness (QED) is 0.903. The van der Waals surface area contributed by atoms with Crippen molar-refractivity contribution in [2.24, 2.45) is 0 Å². The van der Waals surface area contributed by atoms with Crippen molar-refractivity contribution in [1.82, 2.24) is 0 Å². The van der Waals surface area contributed by atoms with Crippen LogP contribution in [0, 0.1) is 0 Å². The summed E-state index contributed by atoms with van der Waals surface area (Å²) in [7, 11) is 1.61. The van der Waals surface area contributed by atoms with E-state index >= 15 is 0 Å². The van der Waals surface area contributed by atoms with Gasteiger partial charge in [0, 0.05) is 5.56 Å². The molecule has 2 nitrogen and oxygen atoms in total. The van der Waals surface area contributed by atoms with E-state index in [0.29, 0.717) is 0 Å². The molecule has 0 saturated carbocycles. The Labute approximate surface area is 93.0 Å². The summed E-state index contributed by atoms with van der Waals surface area (Å²) in [5, 5.41) is 9.58. The van der Waals surface area contributed by atoms with Gasteiger partial charge < -0.3 is 9.84 Å². The van der Waals surface area contributed by atoms with Gasteiger partial charge in [-0.2, -0.15) is 0 Å². The number of aryl methyl sites for hydroxylation is 1. The second-order valence-electron chi connectivity index (χ2n) is 3.23. The first-order valence-corrected chi connectivity index (χ1v) is 5.43. The van der Waals surface area contributed by atoms with E-state index in [0.717, 1.165) is 22.2 Å². The van der Waals surface area contributed by atoms with Crippen molar-refractivity contribution < 1.29 is 9.84 Å². The molecule has 14 heavy (non-hydrogen) atoms. The Hall–Kier alpha value is -0.540. The molecule has 1 N–H and O–H groups in total. The molecular formula is C11H15BrO2. The monoisotopic (exact) mass is 258 g/mol. The minimum Gasteiger partial charge on any atom is -0.495 e. The highest BCUT2D eigenvalue weighted by Gasteiger charge is 2.13. The molecule has 1 aromatic rings. The molecule has 1 aromatic carbocycles. The van der Waals surface area contributed by atoms with Crippen molar-refractivity contribution in [3.63, 3.8) is 0 Å². The van der Waals surface area contributed by atoms with Crippen LogP contribution in [0.5, 0.6) is 5.75 Å². The molecule has 0 saturated heterocycles. The lowest BCUT2D eigenvalue weighted by atomic mass is 10.0. The van der Waals surface area contributed by atoms with Crippen molar-refractivity contribution in [3.05, 3.63) is 27.7 Å². The van der Waals surface area contributed by atoms with E-state index in [1.807, 2.05) is 12.1 Å². The fourth-order valence-corrected chi connectivity index (χ4v) is 2.09. The molecular weight excluding hydrogens is 244 g/mol. The fourth-order valence-electron chi connectivity index (χ4n) is 1.40. The first-order valence-electron chi connectivity index (χ1n) is 4.64. The summed E-state index contributed by atoms with van der Waals surface area (Å²) in [6.07, 6.45) is 0.440. The molecule has 0 aliphatic heterocycles. The Morgan fingerprint density at radius 1 is 1.50 bits per heavy atom. The number of hydrogen-bond donors (Lipinski definition) is 1. The maximum absolute atomic E-state index is 9.58. The molecule has 1 rings (SSSR count). The van der Waals surface area contributed by atoms with Crippen molar-refractivity contribution in [1.29, 1.82) is 0 Å². The average molecular weight is 259 g/mol. The summed E-state index contributed by atoms with van der Waals surface area (Å²) in [4.78, 5) is 0. The van der Waals surface area contributed by atoms with Crippen LogP contribution in [0.2, 0.25) is 0 Å². The number of rotatable bonds is 3. The molecule has 0 amide bonds. The highest BCUT2D eigenvalue weighted by molar-refractivity contribution is 9.10. The maximum Gasteiger partial charge on any atom is 0.138 e.